The van der Waals surface area contributed by atoms with Crippen LogP contribution >= 0.6 is 0 Å². The minimum absolute atomic E-state index is 0.788. The Kier molecular flexibility index (Phi) is 3.38. The Morgan fingerprint density at radius 2 is 1.39 bits per heavy atom. The van der Waals surface area contributed by atoms with Crippen molar-refractivity contribution in [2.75, 3.05) is 0 Å². The van der Waals surface area contributed by atoms with Crippen molar-refractivity contribution in [2.45, 2.75) is 58.3 Å². The van der Waals surface area contributed by atoms with E-state index in [9.17, 15) is 0 Å². The summed E-state index contributed by atoms with van der Waals surface area (Å²) in [7, 11) is 0. The molecular weight excluding hydrogens is 216 g/mol. The molecule has 0 bridgehead atoms. The first-order valence-corrected chi connectivity index (χ1v) is 8.09. The van der Waals surface area contributed by atoms with Gasteiger partial charge < -0.3 is 0 Å². The lowest BCUT2D eigenvalue weighted by molar-refractivity contribution is 0.144. The van der Waals surface area contributed by atoms with Gasteiger partial charge in [-0.2, -0.15) is 0 Å². The lowest BCUT2D eigenvalue weighted by Gasteiger charge is -2.50. The molecule has 0 heteroatoms. The summed E-state index contributed by atoms with van der Waals surface area (Å²) in [6.07, 6.45) is 11.2. The number of allylic oxidation sites excluding steroid dienone is 2. The molecule has 3 saturated carbocycles. The van der Waals surface area contributed by atoms with Crippen molar-refractivity contribution < 1.29 is 0 Å². The number of rotatable bonds is 1. The molecule has 0 spiro atoms. The Bertz CT molecular complexity index is 351. The van der Waals surface area contributed by atoms with Gasteiger partial charge in [-0.1, -0.05) is 50.5 Å². The normalized spacial score (nSPS) is 44.4. The van der Waals surface area contributed by atoms with E-state index >= 15 is 0 Å². The Morgan fingerprint density at radius 1 is 0.833 bits per heavy atom. The van der Waals surface area contributed by atoms with Gasteiger partial charge in [0.2, 0.25) is 0 Å². The maximum Gasteiger partial charge on any atom is -0.0135 e. The van der Waals surface area contributed by atoms with E-state index in [0.29, 0.717) is 0 Å². The summed E-state index contributed by atoms with van der Waals surface area (Å²) in [6, 6.07) is 0. The van der Waals surface area contributed by atoms with Crippen molar-refractivity contribution in [1.82, 2.24) is 0 Å². The third-order valence-corrected chi connectivity index (χ3v) is 6.21. The minimum Gasteiger partial charge on any atom is -0.0993 e. The SMILES string of the molecule is C=C1C2CCCCC2C(=C)C2CC(CC)CCC12. The summed E-state index contributed by atoms with van der Waals surface area (Å²) in [5.41, 5.74) is 3.24. The quantitative estimate of drug-likeness (QED) is 0.545. The Balaban J connectivity index is 1.84. The lowest BCUT2D eigenvalue weighted by atomic mass is 9.54. The van der Waals surface area contributed by atoms with Gasteiger partial charge in [0.15, 0.2) is 0 Å². The molecule has 3 fully saturated rings. The molecule has 5 unspecified atom stereocenters. The van der Waals surface area contributed by atoms with E-state index in [1.807, 2.05) is 0 Å². The predicted octanol–water partition coefficient (Wildman–Crippen LogP) is 5.36. The largest absolute Gasteiger partial charge is 0.0993 e. The van der Waals surface area contributed by atoms with Gasteiger partial charge in [-0.05, 0) is 61.7 Å². The molecular formula is C18H28. The van der Waals surface area contributed by atoms with Crippen LogP contribution in [0.25, 0.3) is 0 Å². The van der Waals surface area contributed by atoms with Gasteiger partial charge in [0.05, 0.1) is 0 Å². The van der Waals surface area contributed by atoms with Crippen LogP contribution in [0.1, 0.15) is 58.3 Å². The molecule has 0 radical (unpaired) electrons. The molecule has 0 amide bonds. The van der Waals surface area contributed by atoms with Crippen LogP contribution in [-0.2, 0) is 0 Å². The van der Waals surface area contributed by atoms with Crippen LogP contribution in [0.4, 0.5) is 0 Å². The molecule has 100 valence electrons. The van der Waals surface area contributed by atoms with Crippen molar-refractivity contribution >= 4 is 0 Å². The van der Waals surface area contributed by atoms with Gasteiger partial charge in [-0.15, -0.1) is 0 Å². The summed E-state index contributed by atoms with van der Waals surface area (Å²) >= 11 is 0. The first kappa shape index (κ1) is 12.5. The highest BCUT2D eigenvalue weighted by atomic mass is 14.5. The molecule has 3 aliphatic rings. The van der Waals surface area contributed by atoms with Gasteiger partial charge in [-0.25, -0.2) is 0 Å². The van der Waals surface area contributed by atoms with Crippen LogP contribution in [0, 0.1) is 29.6 Å². The third-order valence-electron chi connectivity index (χ3n) is 6.21. The van der Waals surface area contributed by atoms with Crippen LogP contribution in [0.2, 0.25) is 0 Å². The van der Waals surface area contributed by atoms with Gasteiger partial charge in [0.1, 0.15) is 0 Å². The molecule has 0 N–H and O–H groups in total. The second kappa shape index (κ2) is 4.87. The van der Waals surface area contributed by atoms with Crippen molar-refractivity contribution in [3.63, 3.8) is 0 Å². The predicted molar refractivity (Wildman–Crippen MR) is 78.3 cm³/mol. The second-order valence-corrected chi connectivity index (χ2v) is 6.95. The van der Waals surface area contributed by atoms with E-state index in [4.69, 9.17) is 0 Å². The summed E-state index contributed by atoms with van der Waals surface area (Å²) in [6.45, 7) is 11.4. The van der Waals surface area contributed by atoms with Gasteiger partial charge in [0, 0.05) is 0 Å². The zero-order valence-electron chi connectivity index (χ0n) is 12.0. The average molecular weight is 244 g/mol. The minimum atomic E-state index is 0.788. The molecule has 0 aromatic carbocycles. The third kappa shape index (κ3) is 1.89. The highest BCUT2D eigenvalue weighted by Crippen LogP contribution is 2.55. The fourth-order valence-corrected chi connectivity index (χ4v) is 5.05. The number of hydrogen-bond donors (Lipinski definition) is 0. The number of fused-ring (bicyclic) bond motifs is 2. The Hall–Kier alpha value is -0.520. The van der Waals surface area contributed by atoms with Crippen LogP contribution in [-0.4, -0.2) is 0 Å². The highest BCUT2D eigenvalue weighted by molar-refractivity contribution is 5.27. The smallest absolute Gasteiger partial charge is 0.0135 e. The summed E-state index contributed by atoms with van der Waals surface area (Å²) in [4.78, 5) is 0. The molecule has 0 heterocycles. The topological polar surface area (TPSA) is 0 Å². The average Bonchev–Trinajstić information content (AvgIpc) is 2.44. The maximum absolute atomic E-state index is 4.54. The molecule has 5 atom stereocenters. The second-order valence-electron chi connectivity index (χ2n) is 6.95. The molecule has 3 rings (SSSR count). The van der Waals surface area contributed by atoms with Gasteiger partial charge in [-0.3, -0.25) is 0 Å². The van der Waals surface area contributed by atoms with Crippen LogP contribution in [0.5, 0.6) is 0 Å². The fourth-order valence-electron chi connectivity index (χ4n) is 5.05. The molecule has 18 heavy (non-hydrogen) atoms. The van der Waals surface area contributed by atoms with Crippen LogP contribution < -0.4 is 0 Å². The zero-order valence-corrected chi connectivity index (χ0v) is 12.0. The van der Waals surface area contributed by atoms with Crippen molar-refractivity contribution in [1.29, 1.82) is 0 Å². The van der Waals surface area contributed by atoms with Crippen molar-refractivity contribution in [3.05, 3.63) is 24.3 Å². The van der Waals surface area contributed by atoms with E-state index in [0.717, 1.165) is 29.6 Å². The van der Waals surface area contributed by atoms with E-state index in [1.165, 1.54) is 51.4 Å². The van der Waals surface area contributed by atoms with E-state index in [1.54, 1.807) is 11.1 Å². The fraction of sp³-hybridized carbons (Fsp3) is 0.778. The monoisotopic (exact) mass is 244 g/mol. The molecule has 0 aromatic heterocycles. The lowest BCUT2D eigenvalue weighted by Crippen LogP contribution is -2.40. The molecule has 0 aromatic rings. The van der Waals surface area contributed by atoms with Gasteiger partial charge >= 0.3 is 0 Å². The summed E-state index contributed by atoms with van der Waals surface area (Å²) in [5, 5.41) is 0. The highest BCUT2D eigenvalue weighted by Gasteiger charge is 2.44. The van der Waals surface area contributed by atoms with Crippen LogP contribution in [0.3, 0.4) is 0 Å². The van der Waals surface area contributed by atoms with E-state index in [2.05, 4.69) is 20.1 Å². The zero-order chi connectivity index (χ0) is 12.7. The van der Waals surface area contributed by atoms with E-state index in [-0.39, 0.29) is 0 Å². The number of hydrogen-bond acceptors (Lipinski definition) is 0. The van der Waals surface area contributed by atoms with Crippen LogP contribution in [0.15, 0.2) is 24.3 Å². The molecule has 0 nitrogen and oxygen atoms in total. The Labute approximate surface area is 113 Å². The van der Waals surface area contributed by atoms with Gasteiger partial charge in [0.25, 0.3) is 0 Å². The Morgan fingerprint density at radius 3 is 2.00 bits per heavy atom. The first-order chi connectivity index (χ1) is 8.72. The molecule has 0 saturated heterocycles. The summed E-state index contributed by atoms with van der Waals surface area (Å²) in [5.74, 6) is 4.12. The molecule has 0 aliphatic heterocycles. The van der Waals surface area contributed by atoms with Crippen molar-refractivity contribution in [3.8, 4) is 0 Å². The summed E-state index contributed by atoms with van der Waals surface area (Å²) < 4.78 is 0. The standard InChI is InChI=1S/C18H28/c1-4-14-9-10-17-12(2)15-7-5-6-8-16(15)13(3)18(17)11-14/h14-18H,2-11H2,1H3. The van der Waals surface area contributed by atoms with Crippen molar-refractivity contribution in [2.24, 2.45) is 29.6 Å². The first-order valence-electron chi connectivity index (χ1n) is 8.09. The maximum atomic E-state index is 4.54. The van der Waals surface area contributed by atoms with E-state index < -0.39 is 0 Å². The molecule has 3 aliphatic carbocycles.